The molecule has 0 radical (unpaired) electrons. The van der Waals surface area contributed by atoms with Crippen molar-refractivity contribution in [2.24, 2.45) is 0 Å². The third kappa shape index (κ3) is 2.09. The molecule has 3 aliphatic rings. The number of hydrogen-bond acceptors (Lipinski definition) is 5. The molecule has 0 saturated carbocycles. The van der Waals surface area contributed by atoms with Crippen LogP contribution in [0.1, 0.15) is 12.6 Å². The molecule has 2 aromatic rings. The molecule has 2 N–H and O–H groups in total. The van der Waals surface area contributed by atoms with E-state index in [0.717, 1.165) is 16.6 Å². The SMILES string of the molecule is CN1C(=O)C2CNNC1(C)C(=O)N2Cc1ccc2ccccc2n1. The van der Waals surface area contributed by atoms with Crippen LogP contribution in [0.4, 0.5) is 0 Å². The monoisotopic (exact) mass is 325 g/mol. The molecule has 24 heavy (non-hydrogen) atoms. The van der Waals surface area contributed by atoms with Crippen molar-refractivity contribution in [1.82, 2.24) is 25.6 Å². The van der Waals surface area contributed by atoms with Gasteiger partial charge in [-0.15, -0.1) is 0 Å². The molecular formula is C17H19N5O2. The fourth-order valence-electron chi connectivity index (χ4n) is 3.35. The number of nitrogens with one attached hydrogen (secondary N) is 2. The Balaban J connectivity index is 1.70. The second kappa shape index (κ2) is 5.25. The molecular weight excluding hydrogens is 306 g/mol. The standard InChI is InChI=1S/C17H19N5O2/c1-17-16(24)22(14(9-18-20-17)15(23)21(17)2)10-12-8-7-11-5-3-4-6-13(11)19-12/h3-8,14,18,20H,9-10H2,1-2H3. The highest BCUT2D eigenvalue weighted by atomic mass is 16.2. The van der Waals surface area contributed by atoms with Gasteiger partial charge in [0.1, 0.15) is 6.04 Å². The number of hydrogen-bond donors (Lipinski definition) is 2. The number of piperazine rings is 1. The van der Waals surface area contributed by atoms with Gasteiger partial charge in [0.2, 0.25) is 5.91 Å². The van der Waals surface area contributed by atoms with Crippen LogP contribution in [0.15, 0.2) is 36.4 Å². The summed E-state index contributed by atoms with van der Waals surface area (Å²) in [4.78, 5) is 33.3. The van der Waals surface area contributed by atoms with Gasteiger partial charge in [-0.05, 0) is 19.1 Å². The maximum atomic E-state index is 13.0. The smallest absolute Gasteiger partial charge is 0.265 e. The Labute approximate surface area is 139 Å². The highest BCUT2D eigenvalue weighted by Crippen LogP contribution is 2.27. The average Bonchev–Trinajstić information content (AvgIpc) is 2.79. The van der Waals surface area contributed by atoms with Crippen LogP contribution in [-0.2, 0) is 16.1 Å². The summed E-state index contributed by atoms with van der Waals surface area (Å²) in [5.41, 5.74) is 6.53. The van der Waals surface area contributed by atoms with Crippen LogP contribution >= 0.6 is 0 Å². The number of aromatic nitrogens is 1. The Morgan fingerprint density at radius 1 is 1.25 bits per heavy atom. The van der Waals surface area contributed by atoms with Crippen molar-refractivity contribution in [3.8, 4) is 0 Å². The number of rotatable bonds is 2. The highest BCUT2D eigenvalue weighted by Gasteiger charge is 2.54. The summed E-state index contributed by atoms with van der Waals surface area (Å²) in [5, 5.41) is 1.05. The molecule has 0 aliphatic carbocycles. The topological polar surface area (TPSA) is 77.6 Å². The Morgan fingerprint density at radius 2 is 2.04 bits per heavy atom. The third-order valence-corrected chi connectivity index (χ3v) is 4.96. The maximum Gasteiger partial charge on any atom is 0.265 e. The first-order valence-electron chi connectivity index (χ1n) is 7.94. The molecule has 5 rings (SSSR count). The minimum Gasteiger partial charge on any atom is -0.320 e. The number of carbonyl (C=O) groups is 2. The number of fused-ring (bicyclic) bond motifs is 5. The number of benzene rings is 1. The van der Waals surface area contributed by atoms with Gasteiger partial charge in [0, 0.05) is 19.0 Å². The van der Waals surface area contributed by atoms with Crippen LogP contribution in [0.2, 0.25) is 0 Å². The van der Waals surface area contributed by atoms with Crippen LogP contribution in [0.5, 0.6) is 0 Å². The summed E-state index contributed by atoms with van der Waals surface area (Å²) in [5.74, 6) is -0.204. The minimum absolute atomic E-state index is 0.0737. The van der Waals surface area contributed by atoms with Gasteiger partial charge in [0.25, 0.3) is 5.91 Å². The van der Waals surface area contributed by atoms with Gasteiger partial charge in [-0.2, -0.15) is 0 Å². The quantitative estimate of drug-likeness (QED) is 0.826. The molecule has 1 aromatic heterocycles. The van der Waals surface area contributed by atoms with Crippen LogP contribution in [0.3, 0.4) is 0 Å². The lowest BCUT2D eigenvalue weighted by molar-refractivity contribution is -0.167. The Morgan fingerprint density at radius 3 is 2.88 bits per heavy atom. The second-order valence-electron chi connectivity index (χ2n) is 6.42. The molecule has 3 fully saturated rings. The third-order valence-electron chi connectivity index (χ3n) is 4.96. The maximum absolute atomic E-state index is 13.0. The lowest BCUT2D eigenvalue weighted by Gasteiger charge is -2.45. The van der Waals surface area contributed by atoms with E-state index in [0.29, 0.717) is 13.1 Å². The summed E-state index contributed by atoms with van der Waals surface area (Å²) < 4.78 is 0. The number of para-hydroxylation sites is 1. The molecule has 124 valence electrons. The van der Waals surface area contributed by atoms with E-state index in [-0.39, 0.29) is 11.8 Å². The zero-order valence-corrected chi connectivity index (χ0v) is 13.6. The number of likely N-dealkylation sites (N-methyl/N-ethyl adjacent to an activating group) is 1. The highest BCUT2D eigenvalue weighted by molar-refractivity contribution is 5.99. The second-order valence-corrected chi connectivity index (χ2v) is 6.42. The average molecular weight is 325 g/mol. The number of pyridine rings is 1. The summed E-state index contributed by atoms with van der Waals surface area (Å²) in [6, 6.07) is 11.2. The summed E-state index contributed by atoms with van der Waals surface area (Å²) >= 11 is 0. The fraction of sp³-hybridized carbons (Fsp3) is 0.353. The van der Waals surface area contributed by atoms with Gasteiger partial charge in [-0.1, -0.05) is 24.3 Å². The largest absolute Gasteiger partial charge is 0.320 e. The Bertz CT molecular complexity index is 839. The molecule has 7 nitrogen and oxygen atoms in total. The van der Waals surface area contributed by atoms with E-state index in [9.17, 15) is 9.59 Å². The molecule has 2 unspecified atom stereocenters. The van der Waals surface area contributed by atoms with E-state index in [4.69, 9.17) is 0 Å². The first-order valence-corrected chi connectivity index (χ1v) is 7.94. The zero-order chi connectivity index (χ0) is 16.9. The van der Waals surface area contributed by atoms with Crippen molar-refractivity contribution in [2.75, 3.05) is 13.6 Å². The van der Waals surface area contributed by atoms with Crippen molar-refractivity contribution >= 4 is 22.7 Å². The van der Waals surface area contributed by atoms with Crippen molar-refractivity contribution in [3.05, 3.63) is 42.1 Å². The minimum atomic E-state index is -1.08. The number of amides is 2. The molecule has 3 aliphatic heterocycles. The van der Waals surface area contributed by atoms with Gasteiger partial charge in [-0.25, -0.2) is 5.43 Å². The van der Waals surface area contributed by atoms with Crippen molar-refractivity contribution in [3.63, 3.8) is 0 Å². The van der Waals surface area contributed by atoms with Gasteiger partial charge in [0.05, 0.1) is 17.8 Å². The summed E-state index contributed by atoms with van der Waals surface area (Å²) in [6.45, 7) is 2.40. The predicted octanol–water partition coefficient (Wildman–Crippen LogP) is 0.228. The van der Waals surface area contributed by atoms with Crippen LogP contribution in [0.25, 0.3) is 10.9 Å². The predicted molar refractivity (Wildman–Crippen MR) is 88.4 cm³/mol. The van der Waals surface area contributed by atoms with E-state index in [2.05, 4.69) is 15.8 Å². The molecule has 3 saturated heterocycles. The normalized spacial score (nSPS) is 27.0. The van der Waals surface area contributed by atoms with Gasteiger partial charge < -0.3 is 9.80 Å². The van der Waals surface area contributed by atoms with Crippen LogP contribution in [-0.4, -0.2) is 51.9 Å². The number of nitrogens with zero attached hydrogens (tertiary/aromatic N) is 3. The van der Waals surface area contributed by atoms with E-state index >= 15 is 0 Å². The van der Waals surface area contributed by atoms with Gasteiger partial charge in [0.15, 0.2) is 5.66 Å². The van der Waals surface area contributed by atoms with E-state index < -0.39 is 11.7 Å². The van der Waals surface area contributed by atoms with E-state index in [1.165, 1.54) is 4.90 Å². The molecule has 7 heteroatoms. The van der Waals surface area contributed by atoms with Crippen molar-refractivity contribution < 1.29 is 9.59 Å². The Kier molecular flexibility index (Phi) is 3.29. The molecule has 4 heterocycles. The summed E-state index contributed by atoms with van der Waals surface area (Å²) in [7, 11) is 1.65. The molecule has 2 amide bonds. The lowest BCUT2D eigenvalue weighted by Crippen LogP contribution is -2.72. The lowest BCUT2D eigenvalue weighted by atomic mass is 10.0. The van der Waals surface area contributed by atoms with Crippen LogP contribution < -0.4 is 10.9 Å². The van der Waals surface area contributed by atoms with Gasteiger partial charge in [-0.3, -0.25) is 20.0 Å². The van der Waals surface area contributed by atoms with Gasteiger partial charge >= 0.3 is 0 Å². The molecule has 2 atom stereocenters. The first kappa shape index (κ1) is 15.0. The van der Waals surface area contributed by atoms with Crippen molar-refractivity contribution in [1.29, 1.82) is 0 Å². The van der Waals surface area contributed by atoms with E-state index in [1.54, 1.807) is 18.9 Å². The molecule has 1 aromatic carbocycles. The first-order chi connectivity index (χ1) is 11.5. The number of carbonyl (C=O) groups excluding carboxylic acids is 2. The van der Waals surface area contributed by atoms with E-state index in [1.807, 2.05) is 36.4 Å². The fourth-order valence-corrected chi connectivity index (χ4v) is 3.35. The van der Waals surface area contributed by atoms with Crippen LogP contribution in [0, 0.1) is 0 Å². The van der Waals surface area contributed by atoms with Crippen molar-refractivity contribution in [2.45, 2.75) is 25.2 Å². The molecule has 2 bridgehead atoms. The summed E-state index contributed by atoms with van der Waals surface area (Å²) in [6.07, 6.45) is 0. The Hall–Kier alpha value is -2.51. The molecule has 0 spiro atoms. The number of hydrazine groups is 1. The zero-order valence-electron chi connectivity index (χ0n) is 13.6.